The molecule has 1 atom stereocenters. The van der Waals surface area contributed by atoms with Gasteiger partial charge in [0.2, 0.25) is 0 Å². The SMILES string of the molecule is CNCCCN1CC(c2ccccc2)N(C)C1=O. The highest BCUT2D eigenvalue weighted by molar-refractivity contribution is 5.77. The van der Waals surface area contributed by atoms with Gasteiger partial charge in [-0.1, -0.05) is 30.3 Å². The number of amides is 2. The van der Waals surface area contributed by atoms with Crippen molar-refractivity contribution in [2.24, 2.45) is 0 Å². The second-order valence-corrected chi connectivity index (χ2v) is 4.72. The Morgan fingerprint density at radius 3 is 2.72 bits per heavy atom. The number of carbonyl (C=O) groups is 1. The first-order chi connectivity index (χ1) is 8.74. The predicted molar refractivity (Wildman–Crippen MR) is 72.5 cm³/mol. The Kier molecular flexibility index (Phi) is 4.20. The first-order valence-electron chi connectivity index (χ1n) is 6.45. The van der Waals surface area contributed by atoms with Gasteiger partial charge in [0.05, 0.1) is 6.04 Å². The molecule has 0 aromatic heterocycles. The zero-order chi connectivity index (χ0) is 13.0. The molecule has 4 nitrogen and oxygen atoms in total. The summed E-state index contributed by atoms with van der Waals surface area (Å²) in [7, 11) is 3.82. The molecule has 4 heteroatoms. The van der Waals surface area contributed by atoms with E-state index in [9.17, 15) is 4.79 Å². The van der Waals surface area contributed by atoms with Gasteiger partial charge in [-0.15, -0.1) is 0 Å². The van der Waals surface area contributed by atoms with Crippen molar-refractivity contribution in [2.45, 2.75) is 12.5 Å². The van der Waals surface area contributed by atoms with Crippen LogP contribution in [0.4, 0.5) is 4.79 Å². The zero-order valence-corrected chi connectivity index (χ0v) is 11.1. The minimum atomic E-state index is 0.139. The van der Waals surface area contributed by atoms with Crippen molar-refractivity contribution in [1.82, 2.24) is 15.1 Å². The number of nitrogens with one attached hydrogen (secondary N) is 1. The maximum Gasteiger partial charge on any atom is 0.320 e. The van der Waals surface area contributed by atoms with E-state index in [1.165, 1.54) is 5.56 Å². The monoisotopic (exact) mass is 247 g/mol. The lowest BCUT2D eigenvalue weighted by atomic mass is 10.1. The van der Waals surface area contributed by atoms with Crippen LogP contribution >= 0.6 is 0 Å². The van der Waals surface area contributed by atoms with Crippen LogP contribution in [-0.4, -0.2) is 49.6 Å². The highest BCUT2D eigenvalue weighted by Gasteiger charge is 2.34. The van der Waals surface area contributed by atoms with Crippen LogP contribution in [0.1, 0.15) is 18.0 Å². The van der Waals surface area contributed by atoms with Gasteiger partial charge in [0.15, 0.2) is 0 Å². The number of rotatable bonds is 5. The highest BCUT2D eigenvalue weighted by Crippen LogP contribution is 2.27. The fraction of sp³-hybridized carbons (Fsp3) is 0.500. The molecular formula is C14H21N3O. The number of carbonyl (C=O) groups excluding carboxylic acids is 1. The standard InChI is InChI=1S/C14H21N3O/c1-15-9-6-10-17-11-13(16(2)14(17)18)12-7-4-3-5-8-12/h3-5,7-8,13,15H,6,9-11H2,1-2H3. The van der Waals surface area contributed by atoms with E-state index >= 15 is 0 Å². The summed E-state index contributed by atoms with van der Waals surface area (Å²) >= 11 is 0. The molecule has 2 amide bonds. The smallest absolute Gasteiger partial charge is 0.320 e. The fourth-order valence-electron chi connectivity index (χ4n) is 2.40. The molecule has 1 heterocycles. The van der Waals surface area contributed by atoms with Crippen LogP contribution < -0.4 is 5.32 Å². The van der Waals surface area contributed by atoms with E-state index in [-0.39, 0.29) is 12.1 Å². The molecule has 0 saturated carbocycles. The Bertz CT molecular complexity index is 393. The van der Waals surface area contributed by atoms with Crippen LogP contribution in [0.3, 0.4) is 0 Å². The van der Waals surface area contributed by atoms with Crippen LogP contribution in [0, 0.1) is 0 Å². The Balaban J connectivity index is 2.01. The maximum atomic E-state index is 12.1. The van der Waals surface area contributed by atoms with Gasteiger partial charge in [-0.2, -0.15) is 0 Å². The highest BCUT2D eigenvalue weighted by atomic mass is 16.2. The summed E-state index contributed by atoms with van der Waals surface area (Å²) in [6.45, 7) is 2.57. The third kappa shape index (κ3) is 2.64. The third-order valence-electron chi connectivity index (χ3n) is 3.47. The van der Waals surface area contributed by atoms with Crippen molar-refractivity contribution in [3.8, 4) is 0 Å². The Morgan fingerprint density at radius 1 is 1.33 bits per heavy atom. The first-order valence-corrected chi connectivity index (χ1v) is 6.45. The van der Waals surface area contributed by atoms with Gasteiger partial charge < -0.3 is 15.1 Å². The number of urea groups is 1. The second kappa shape index (κ2) is 5.87. The normalized spacial score (nSPS) is 19.7. The van der Waals surface area contributed by atoms with Crippen molar-refractivity contribution in [3.63, 3.8) is 0 Å². The van der Waals surface area contributed by atoms with Crippen LogP contribution in [0.2, 0.25) is 0 Å². The van der Waals surface area contributed by atoms with Crippen molar-refractivity contribution in [1.29, 1.82) is 0 Å². The summed E-state index contributed by atoms with van der Waals surface area (Å²) in [5, 5.41) is 3.11. The lowest BCUT2D eigenvalue weighted by molar-refractivity contribution is 0.195. The molecule has 1 aliphatic heterocycles. The van der Waals surface area contributed by atoms with Crippen molar-refractivity contribution >= 4 is 6.03 Å². The van der Waals surface area contributed by atoms with Crippen LogP contribution in [0.15, 0.2) is 30.3 Å². The molecule has 1 aromatic rings. The molecule has 1 fully saturated rings. The van der Waals surface area contributed by atoms with E-state index in [1.54, 1.807) is 0 Å². The van der Waals surface area contributed by atoms with Gasteiger partial charge in [-0.25, -0.2) is 4.79 Å². The van der Waals surface area contributed by atoms with Crippen LogP contribution in [0.5, 0.6) is 0 Å². The number of hydrogen-bond acceptors (Lipinski definition) is 2. The minimum absolute atomic E-state index is 0.139. The van der Waals surface area contributed by atoms with Crippen LogP contribution in [0.25, 0.3) is 0 Å². The van der Waals surface area contributed by atoms with Gasteiger partial charge >= 0.3 is 6.03 Å². The largest absolute Gasteiger partial charge is 0.322 e. The summed E-state index contributed by atoms with van der Waals surface area (Å²) in [5.41, 5.74) is 1.21. The maximum absolute atomic E-state index is 12.1. The number of nitrogens with zero attached hydrogens (tertiary/aromatic N) is 2. The van der Waals surface area contributed by atoms with E-state index in [0.29, 0.717) is 0 Å². The fourth-order valence-corrected chi connectivity index (χ4v) is 2.40. The zero-order valence-electron chi connectivity index (χ0n) is 11.1. The minimum Gasteiger partial charge on any atom is -0.322 e. The molecule has 0 spiro atoms. The molecular weight excluding hydrogens is 226 g/mol. The molecule has 0 aliphatic carbocycles. The lowest BCUT2D eigenvalue weighted by Crippen LogP contribution is -2.31. The average molecular weight is 247 g/mol. The average Bonchev–Trinajstić information content (AvgIpc) is 2.68. The molecule has 1 N–H and O–H groups in total. The van der Waals surface area contributed by atoms with Gasteiger partial charge in [-0.05, 0) is 25.6 Å². The van der Waals surface area contributed by atoms with Gasteiger partial charge in [0, 0.05) is 20.1 Å². The summed E-state index contributed by atoms with van der Waals surface area (Å²) in [6, 6.07) is 10.6. The lowest BCUT2D eigenvalue weighted by Gasteiger charge is -2.17. The second-order valence-electron chi connectivity index (χ2n) is 4.72. The molecule has 98 valence electrons. The Hall–Kier alpha value is -1.55. The Labute approximate surface area is 109 Å². The molecule has 1 unspecified atom stereocenters. The molecule has 0 radical (unpaired) electrons. The van der Waals surface area contributed by atoms with Crippen molar-refractivity contribution in [3.05, 3.63) is 35.9 Å². The molecule has 2 rings (SSSR count). The van der Waals surface area contributed by atoms with E-state index in [4.69, 9.17) is 0 Å². The van der Waals surface area contributed by atoms with Crippen molar-refractivity contribution in [2.75, 3.05) is 33.7 Å². The van der Waals surface area contributed by atoms with Gasteiger partial charge in [-0.3, -0.25) is 0 Å². The van der Waals surface area contributed by atoms with Gasteiger partial charge in [0.1, 0.15) is 0 Å². The van der Waals surface area contributed by atoms with Gasteiger partial charge in [0.25, 0.3) is 0 Å². The number of benzene rings is 1. The summed E-state index contributed by atoms with van der Waals surface area (Å²) in [6.07, 6.45) is 0.998. The van der Waals surface area contributed by atoms with E-state index in [2.05, 4.69) is 17.4 Å². The first kappa shape index (κ1) is 12.9. The molecule has 1 aliphatic rings. The Morgan fingerprint density at radius 2 is 2.06 bits per heavy atom. The van der Waals surface area contributed by atoms with E-state index < -0.39 is 0 Å². The quantitative estimate of drug-likeness (QED) is 0.804. The summed E-state index contributed by atoms with van der Waals surface area (Å²) < 4.78 is 0. The van der Waals surface area contributed by atoms with Crippen LogP contribution in [-0.2, 0) is 0 Å². The number of likely N-dealkylation sites (N-methyl/N-ethyl adjacent to an activating group) is 1. The summed E-state index contributed by atoms with van der Waals surface area (Å²) in [4.78, 5) is 15.9. The predicted octanol–water partition coefficient (Wildman–Crippen LogP) is 1.70. The summed E-state index contributed by atoms with van der Waals surface area (Å²) in [5.74, 6) is 0. The molecule has 1 aromatic carbocycles. The third-order valence-corrected chi connectivity index (χ3v) is 3.47. The van der Waals surface area contributed by atoms with E-state index in [1.807, 2.05) is 42.1 Å². The molecule has 18 heavy (non-hydrogen) atoms. The van der Waals surface area contributed by atoms with Crippen molar-refractivity contribution < 1.29 is 4.79 Å². The molecule has 1 saturated heterocycles. The number of hydrogen-bond donors (Lipinski definition) is 1. The van der Waals surface area contributed by atoms with E-state index in [0.717, 1.165) is 26.1 Å². The molecule has 0 bridgehead atoms. The topological polar surface area (TPSA) is 35.6 Å².